The molecule has 0 bridgehead atoms. The molecule has 0 aromatic heterocycles. The number of rotatable bonds is 4. The van der Waals surface area contributed by atoms with Crippen molar-refractivity contribution < 1.29 is 17.9 Å². The highest BCUT2D eigenvalue weighted by molar-refractivity contribution is 9.10. The minimum atomic E-state index is -4.68. The average Bonchev–Trinajstić information content (AvgIpc) is 2.41. The Morgan fingerprint density at radius 3 is 2.52 bits per heavy atom. The zero-order valence-electron chi connectivity index (χ0n) is 11.7. The summed E-state index contributed by atoms with van der Waals surface area (Å²) in [4.78, 5) is 2.38. The maximum atomic E-state index is 12.2. The third-order valence-corrected chi connectivity index (χ3v) is 4.18. The molecule has 1 aliphatic heterocycles. The molecule has 118 valence electrons. The van der Waals surface area contributed by atoms with Gasteiger partial charge in [-0.1, -0.05) is 6.92 Å². The number of anilines is 1. The van der Waals surface area contributed by atoms with Crippen LogP contribution in [0.2, 0.25) is 0 Å². The van der Waals surface area contributed by atoms with Crippen molar-refractivity contribution in [2.24, 2.45) is 0 Å². The minimum absolute atomic E-state index is 0.228. The molecule has 1 aromatic rings. The molecule has 0 amide bonds. The molecule has 0 spiro atoms. The van der Waals surface area contributed by atoms with Gasteiger partial charge in [0, 0.05) is 24.8 Å². The molecule has 0 radical (unpaired) electrons. The highest BCUT2D eigenvalue weighted by atomic mass is 79.9. The lowest BCUT2D eigenvalue weighted by Crippen LogP contribution is -2.38. The number of halogens is 4. The van der Waals surface area contributed by atoms with Crippen LogP contribution in [-0.4, -0.2) is 36.9 Å². The van der Waals surface area contributed by atoms with Crippen LogP contribution in [0.4, 0.5) is 18.9 Å². The molecule has 1 aliphatic rings. The second kappa shape index (κ2) is 6.87. The zero-order chi connectivity index (χ0) is 15.5. The van der Waals surface area contributed by atoms with Crippen LogP contribution < -0.4 is 10.1 Å². The molecule has 1 aromatic carbocycles. The first kappa shape index (κ1) is 16.4. The molecule has 7 heteroatoms. The molecule has 1 heterocycles. The Kier molecular flexibility index (Phi) is 5.37. The molecule has 2 rings (SSSR count). The SMILES string of the molecule is CCN1CCC(Nc2ccc(OC(F)(F)F)c(Br)c2)CC1. The summed E-state index contributed by atoms with van der Waals surface area (Å²) >= 11 is 3.11. The summed E-state index contributed by atoms with van der Waals surface area (Å²) in [6.07, 6.45) is -2.61. The second-order valence-corrected chi connectivity index (χ2v) is 5.90. The summed E-state index contributed by atoms with van der Waals surface area (Å²) in [6.45, 7) is 5.29. The third-order valence-electron chi connectivity index (χ3n) is 3.56. The van der Waals surface area contributed by atoms with E-state index >= 15 is 0 Å². The van der Waals surface area contributed by atoms with E-state index < -0.39 is 6.36 Å². The molecule has 0 atom stereocenters. The van der Waals surface area contributed by atoms with E-state index in [1.165, 1.54) is 6.07 Å². The molecule has 0 unspecified atom stereocenters. The Bertz CT molecular complexity index is 474. The van der Waals surface area contributed by atoms with Gasteiger partial charge in [-0.25, -0.2) is 0 Å². The van der Waals surface area contributed by atoms with Gasteiger partial charge in [0.2, 0.25) is 0 Å². The molecule has 21 heavy (non-hydrogen) atoms. The lowest BCUT2D eigenvalue weighted by Gasteiger charge is -2.32. The smallest absolute Gasteiger partial charge is 0.405 e. The average molecular weight is 367 g/mol. The first-order chi connectivity index (χ1) is 9.87. The Hall–Kier alpha value is -0.950. The first-order valence-electron chi connectivity index (χ1n) is 6.91. The van der Waals surface area contributed by atoms with E-state index in [1.807, 2.05) is 0 Å². The third kappa shape index (κ3) is 5.07. The van der Waals surface area contributed by atoms with Crippen molar-refractivity contribution in [3.63, 3.8) is 0 Å². The van der Waals surface area contributed by atoms with Crippen molar-refractivity contribution in [1.29, 1.82) is 0 Å². The second-order valence-electron chi connectivity index (χ2n) is 5.05. The Morgan fingerprint density at radius 2 is 2.00 bits per heavy atom. The fourth-order valence-electron chi connectivity index (χ4n) is 2.43. The normalized spacial score (nSPS) is 17.8. The molecule has 0 saturated carbocycles. The summed E-state index contributed by atoms with van der Waals surface area (Å²) in [5.74, 6) is -0.228. The van der Waals surface area contributed by atoms with Crippen LogP contribution in [0.25, 0.3) is 0 Å². The van der Waals surface area contributed by atoms with Gasteiger partial charge >= 0.3 is 6.36 Å². The van der Waals surface area contributed by atoms with Gasteiger partial charge in [-0.05, 0) is 53.5 Å². The van der Waals surface area contributed by atoms with E-state index in [1.54, 1.807) is 12.1 Å². The summed E-state index contributed by atoms with van der Waals surface area (Å²) in [5.41, 5.74) is 0.798. The number of likely N-dealkylation sites (tertiary alicyclic amines) is 1. The van der Waals surface area contributed by atoms with Crippen LogP contribution in [0, 0.1) is 0 Å². The molecule has 1 saturated heterocycles. The number of nitrogens with zero attached hydrogens (tertiary/aromatic N) is 1. The predicted molar refractivity (Wildman–Crippen MR) is 79.6 cm³/mol. The van der Waals surface area contributed by atoms with Crippen molar-refractivity contribution in [3.05, 3.63) is 22.7 Å². The molecular formula is C14H18BrF3N2O. The van der Waals surface area contributed by atoms with Crippen LogP contribution in [0.15, 0.2) is 22.7 Å². The molecular weight excluding hydrogens is 349 g/mol. The largest absolute Gasteiger partial charge is 0.573 e. The van der Waals surface area contributed by atoms with Gasteiger partial charge < -0.3 is 15.0 Å². The van der Waals surface area contributed by atoms with Crippen LogP contribution in [0.3, 0.4) is 0 Å². The quantitative estimate of drug-likeness (QED) is 0.862. The van der Waals surface area contributed by atoms with Crippen molar-refractivity contribution in [2.45, 2.75) is 32.2 Å². The van der Waals surface area contributed by atoms with Gasteiger partial charge in [-0.2, -0.15) is 0 Å². The Morgan fingerprint density at radius 1 is 1.33 bits per heavy atom. The first-order valence-corrected chi connectivity index (χ1v) is 7.71. The number of nitrogens with one attached hydrogen (secondary N) is 1. The fraction of sp³-hybridized carbons (Fsp3) is 0.571. The maximum Gasteiger partial charge on any atom is 0.573 e. The maximum absolute atomic E-state index is 12.2. The summed E-state index contributed by atoms with van der Waals surface area (Å²) in [5, 5.41) is 3.36. The lowest BCUT2D eigenvalue weighted by atomic mass is 10.0. The Balaban J connectivity index is 1.94. The van der Waals surface area contributed by atoms with Crippen molar-refractivity contribution >= 4 is 21.6 Å². The summed E-state index contributed by atoms with van der Waals surface area (Å²) < 4.78 is 40.8. The molecule has 3 nitrogen and oxygen atoms in total. The minimum Gasteiger partial charge on any atom is -0.405 e. The number of benzene rings is 1. The van der Waals surface area contributed by atoms with E-state index in [4.69, 9.17) is 0 Å². The highest BCUT2D eigenvalue weighted by Crippen LogP contribution is 2.33. The topological polar surface area (TPSA) is 24.5 Å². The van der Waals surface area contributed by atoms with E-state index in [-0.39, 0.29) is 10.2 Å². The monoisotopic (exact) mass is 366 g/mol. The molecule has 1 fully saturated rings. The Labute approximate surface area is 130 Å². The van der Waals surface area contributed by atoms with Gasteiger partial charge in [0.15, 0.2) is 0 Å². The van der Waals surface area contributed by atoms with Gasteiger partial charge in [-0.3, -0.25) is 0 Å². The van der Waals surface area contributed by atoms with Crippen LogP contribution in [0.1, 0.15) is 19.8 Å². The van der Waals surface area contributed by atoms with E-state index in [9.17, 15) is 13.2 Å². The number of hydrogen-bond donors (Lipinski definition) is 1. The summed E-state index contributed by atoms with van der Waals surface area (Å²) in [7, 11) is 0. The van der Waals surface area contributed by atoms with Crippen LogP contribution in [0.5, 0.6) is 5.75 Å². The molecule has 0 aliphatic carbocycles. The number of ether oxygens (including phenoxy) is 1. The zero-order valence-corrected chi connectivity index (χ0v) is 13.3. The van der Waals surface area contributed by atoms with E-state index in [0.717, 1.165) is 38.2 Å². The van der Waals surface area contributed by atoms with Crippen molar-refractivity contribution in [2.75, 3.05) is 25.0 Å². The van der Waals surface area contributed by atoms with Gasteiger partial charge in [0.1, 0.15) is 5.75 Å². The van der Waals surface area contributed by atoms with E-state index in [2.05, 4.69) is 37.8 Å². The molecule has 1 N–H and O–H groups in total. The number of hydrogen-bond acceptors (Lipinski definition) is 3. The van der Waals surface area contributed by atoms with Gasteiger partial charge in [-0.15, -0.1) is 13.2 Å². The fourth-order valence-corrected chi connectivity index (χ4v) is 2.89. The predicted octanol–water partition coefficient (Wildman–Crippen LogP) is 4.24. The summed E-state index contributed by atoms with van der Waals surface area (Å²) in [6, 6.07) is 4.90. The van der Waals surface area contributed by atoms with Gasteiger partial charge in [0.05, 0.1) is 4.47 Å². The highest BCUT2D eigenvalue weighted by Gasteiger charge is 2.32. The number of alkyl halides is 3. The number of piperidine rings is 1. The standard InChI is InChI=1S/C14H18BrF3N2O/c1-2-20-7-5-10(6-8-20)19-11-3-4-13(12(15)9-11)21-14(16,17)18/h3-4,9-10,19H,2,5-8H2,1H3. The lowest BCUT2D eigenvalue weighted by molar-refractivity contribution is -0.274. The van der Waals surface area contributed by atoms with Crippen molar-refractivity contribution in [1.82, 2.24) is 4.90 Å². The van der Waals surface area contributed by atoms with Crippen molar-refractivity contribution in [3.8, 4) is 5.75 Å². The van der Waals surface area contributed by atoms with Gasteiger partial charge in [0.25, 0.3) is 0 Å². The van der Waals surface area contributed by atoms with E-state index in [0.29, 0.717) is 6.04 Å². The van der Waals surface area contributed by atoms with Crippen LogP contribution >= 0.6 is 15.9 Å². The van der Waals surface area contributed by atoms with Crippen LogP contribution in [-0.2, 0) is 0 Å².